The molecule has 0 saturated heterocycles. The molecule has 64 valence electrons. The summed E-state index contributed by atoms with van der Waals surface area (Å²) in [5.41, 5.74) is 1.55. The van der Waals surface area contributed by atoms with Gasteiger partial charge in [-0.2, -0.15) is 0 Å². The van der Waals surface area contributed by atoms with Crippen LogP contribution in [0, 0.1) is 5.82 Å². The highest BCUT2D eigenvalue weighted by molar-refractivity contribution is 6.31. The number of rotatable bonds is 0. The van der Waals surface area contributed by atoms with Crippen LogP contribution in [0.4, 0.5) is 4.39 Å². The van der Waals surface area contributed by atoms with Gasteiger partial charge in [0.25, 0.3) is 0 Å². The standard InChI is InChI=1S/C9H8ClFO/c10-9-6-2-4-8(12)5(6)1-3-7(9)11/h1,3,8,12H,2,4H2. The summed E-state index contributed by atoms with van der Waals surface area (Å²) in [5, 5.41) is 9.59. The maximum absolute atomic E-state index is 12.9. The summed E-state index contributed by atoms with van der Waals surface area (Å²) in [4.78, 5) is 0. The van der Waals surface area contributed by atoms with Crippen molar-refractivity contribution < 1.29 is 9.50 Å². The molecule has 0 radical (unpaired) electrons. The van der Waals surface area contributed by atoms with Crippen LogP contribution in [0.3, 0.4) is 0 Å². The highest BCUT2D eigenvalue weighted by atomic mass is 35.5. The monoisotopic (exact) mass is 186 g/mol. The molecule has 0 saturated carbocycles. The van der Waals surface area contributed by atoms with E-state index in [0.717, 1.165) is 11.1 Å². The van der Waals surface area contributed by atoms with Gasteiger partial charge in [-0.15, -0.1) is 0 Å². The molecule has 1 aliphatic carbocycles. The van der Waals surface area contributed by atoms with Crippen LogP contribution in [0.5, 0.6) is 0 Å². The molecule has 3 heteroatoms. The van der Waals surface area contributed by atoms with Gasteiger partial charge in [0.05, 0.1) is 11.1 Å². The van der Waals surface area contributed by atoms with Crippen LogP contribution in [-0.2, 0) is 6.42 Å². The molecule has 1 nitrogen and oxygen atoms in total. The minimum Gasteiger partial charge on any atom is -0.388 e. The van der Waals surface area contributed by atoms with Gasteiger partial charge in [0.2, 0.25) is 0 Å². The van der Waals surface area contributed by atoms with E-state index in [4.69, 9.17) is 11.6 Å². The van der Waals surface area contributed by atoms with Gasteiger partial charge in [-0.3, -0.25) is 0 Å². The van der Waals surface area contributed by atoms with E-state index in [0.29, 0.717) is 12.8 Å². The van der Waals surface area contributed by atoms with Gasteiger partial charge in [-0.05, 0) is 30.0 Å². The zero-order valence-electron chi connectivity index (χ0n) is 6.35. The highest BCUT2D eigenvalue weighted by Crippen LogP contribution is 2.36. The van der Waals surface area contributed by atoms with Crippen LogP contribution in [0.1, 0.15) is 23.7 Å². The second kappa shape index (κ2) is 2.71. The molecule has 2 rings (SSSR count). The molecule has 1 atom stereocenters. The van der Waals surface area contributed by atoms with E-state index in [9.17, 15) is 9.50 Å². The molecule has 0 heterocycles. The summed E-state index contributed by atoms with van der Waals surface area (Å²) in [6.07, 6.45) is 0.865. The Labute approximate surface area is 74.8 Å². The highest BCUT2D eigenvalue weighted by Gasteiger charge is 2.23. The fraction of sp³-hybridized carbons (Fsp3) is 0.333. The molecule has 0 fully saturated rings. The molecule has 1 unspecified atom stereocenters. The van der Waals surface area contributed by atoms with Crippen LogP contribution in [0.15, 0.2) is 12.1 Å². The Kier molecular flexibility index (Phi) is 1.81. The molecule has 1 aromatic rings. The van der Waals surface area contributed by atoms with Crippen molar-refractivity contribution in [2.75, 3.05) is 0 Å². The van der Waals surface area contributed by atoms with Gasteiger partial charge in [0.15, 0.2) is 0 Å². The largest absolute Gasteiger partial charge is 0.388 e. The minimum absolute atomic E-state index is 0.170. The van der Waals surface area contributed by atoms with E-state index in [1.165, 1.54) is 6.07 Å². The lowest BCUT2D eigenvalue weighted by Gasteiger charge is -2.04. The SMILES string of the molecule is OC1CCc2c1ccc(F)c2Cl. The number of fused-ring (bicyclic) bond motifs is 1. The molecular formula is C9H8ClFO. The van der Waals surface area contributed by atoms with Gasteiger partial charge in [-0.25, -0.2) is 4.39 Å². The summed E-state index contributed by atoms with van der Waals surface area (Å²) >= 11 is 5.72. The van der Waals surface area contributed by atoms with Crippen molar-refractivity contribution in [2.45, 2.75) is 18.9 Å². The molecular weight excluding hydrogens is 179 g/mol. The lowest BCUT2D eigenvalue weighted by Crippen LogP contribution is -1.91. The fourth-order valence-electron chi connectivity index (χ4n) is 1.61. The summed E-state index contributed by atoms with van der Waals surface area (Å²) < 4.78 is 12.9. The molecule has 0 aromatic heterocycles. The Morgan fingerprint density at radius 2 is 2.25 bits per heavy atom. The van der Waals surface area contributed by atoms with Gasteiger partial charge >= 0.3 is 0 Å². The van der Waals surface area contributed by atoms with Crippen LogP contribution in [0.25, 0.3) is 0 Å². The predicted molar refractivity (Wildman–Crippen MR) is 44.7 cm³/mol. The Morgan fingerprint density at radius 3 is 3.00 bits per heavy atom. The third-order valence-corrected chi connectivity index (χ3v) is 2.67. The zero-order valence-corrected chi connectivity index (χ0v) is 7.11. The van der Waals surface area contributed by atoms with Gasteiger partial charge in [-0.1, -0.05) is 17.7 Å². The molecule has 1 N–H and O–H groups in total. The van der Waals surface area contributed by atoms with Crippen molar-refractivity contribution in [1.29, 1.82) is 0 Å². The summed E-state index contributed by atoms with van der Waals surface area (Å²) in [6.45, 7) is 0. The second-order valence-electron chi connectivity index (χ2n) is 2.98. The van der Waals surface area contributed by atoms with Crippen LogP contribution in [-0.4, -0.2) is 5.11 Å². The third kappa shape index (κ3) is 1.03. The van der Waals surface area contributed by atoms with E-state index in [-0.39, 0.29) is 5.02 Å². The van der Waals surface area contributed by atoms with Crippen LogP contribution >= 0.6 is 11.6 Å². The van der Waals surface area contributed by atoms with E-state index in [1.54, 1.807) is 6.07 Å². The summed E-state index contributed by atoms with van der Waals surface area (Å²) in [7, 11) is 0. The first kappa shape index (κ1) is 8.02. The van der Waals surface area contributed by atoms with Gasteiger partial charge in [0, 0.05) is 0 Å². The fourth-order valence-corrected chi connectivity index (χ4v) is 1.88. The first-order valence-electron chi connectivity index (χ1n) is 3.85. The zero-order chi connectivity index (χ0) is 8.72. The maximum Gasteiger partial charge on any atom is 0.142 e. The molecule has 0 aliphatic heterocycles. The third-order valence-electron chi connectivity index (χ3n) is 2.26. The predicted octanol–water partition coefficient (Wildman–Crippen LogP) is 2.46. The number of aliphatic hydroxyl groups is 1. The van der Waals surface area contributed by atoms with E-state index < -0.39 is 11.9 Å². The number of benzene rings is 1. The number of halogens is 2. The topological polar surface area (TPSA) is 20.2 Å². The smallest absolute Gasteiger partial charge is 0.142 e. The maximum atomic E-state index is 12.9. The molecule has 1 aliphatic rings. The number of aliphatic hydroxyl groups excluding tert-OH is 1. The lowest BCUT2D eigenvalue weighted by atomic mass is 10.1. The van der Waals surface area contributed by atoms with Crippen molar-refractivity contribution in [3.63, 3.8) is 0 Å². The van der Waals surface area contributed by atoms with Crippen molar-refractivity contribution in [3.8, 4) is 0 Å². The van der Waals surface area contributed by atoms with Crippen LogP contribution < -0.4 is 0 Å². The first-order chi connectivity index (χ1) is 5.70. The molecule has 0 spiro atoms. The van der Waals surface area contributed by atoms with Crippen molar-refractivity contribution in [2.24, 2.45) is 0 Å². The average Bonchev–Trinajstić information content (AvgIpc) is 2.41. The number of hydrogen-bond donors (Lipinski definition) is 1. The molecule has 1 aromatic carbocycles. The molecule has 12 heavy (non-hydrogen) atoms. The Bertz CT molecular complexity index is 325. The summed E-state index contributed by atoms with van der Waals surface area (Å²) in [6, 6.07) is 2.91. The number of hydrogen-bond acceptors (Lipinski definition) is 1. The Hall–Kier alpha value is -0.600. The first-order valence-corrected chi connectivity index (χ1v) is 4.23. The Morgan fingerprint density at radius 1 is 1.50 bits per heavy atom. The second-order valence-corrected chi connectivity index (χ2v) is 3.36. The van der Waals surface area contributed by atoms with Crippen molar-refractivity contribution in [3.05, 3.63) is 34.1 Å². The Balaban J connectivity index is 2.60. The van der Waals surface area contributed by atoms with Gasteiger partial charge < -0.3 is 5.11 Å². The quantitative estimate of drug-likeness (QED) is 0.660. The van der Waals surface area contributed by atoms with Crippen LogP contribution in [0.2, 0.25) is 5.02 Å². The van der Waals surface area contributed by atoms with E-state index >= 15 is 0 Å². The van der Waals surface area contributed by atoms with Crippen molar-refractivity contribution in [1.82, 2.24) is 0 Å². The van der Waals surface area contributed by atoms with Crippen molar-refractivity contribution >= 4 is 11.6 Å². The summed E-state index contributed by atoms with van der Waals surface area (Å²) in [5.74, 6) is -0.399. The average molecular weight is 187 g/mol. The van der Waals surface area contributed by atoms with Gasteiger partial charge in [0.1, 0.15) is 5.82 Å². The molecule has 0 amide bonds. The van der Waals surface area contributed by atoms with E-state index in [1.807, 2.05) is 0 Å². The minimum atomic E-state index is -0.460. The van der Waals surface area contributed by atoms with E-state index in [2.05, 4.69) is 0 Å². The normalized spacial score (nSPS) is 21.1. The molecule has 0 bridgehead atoms. The lowest BCUT2D eigenvalue weighted by molar-refractivity contribution is 0.180.